The molecule has 0 aliphatic heterocycles. The van der Waals surface area contributed by atoms with Crippen molar-refractivity contribution in [3.63, 3.8) is 0 Å². The first-order valence-electron chi connectivity index (χ1n) is 10.5. The number of thiol groups is 1. The molecule has 7 N–H and O–H groups in total. The molecule has 0 saturated heterocycles. The molecule has 0 heterocycles. The van der Waals surface area contributed by atoms with Gasteiger partial charge in [0.15, 0.2) is 0 Å². The van der Waals surface area contributed by atoms with Gasteiger partial charge < -0.3 is 31.9 Å². The van der Waals surface area contributed by atoms with Crippen LogP contribution in [0.2, 0.25) is 0 Å². The Bertz CT molecular complexity index is 987. The molecule has 182 valence electrons. The summed E-state index contributed by atoms with van der Waals surface area (Å²) >= 11 is 4.11. The summed E-state index contributed by atoms with van der Waals surface area (Å²) in [6, 6.07) is 11.5. The summed E-state index contributed by atoms with van der Waals surface area (Å²) in [5.74, 6) is -3.25. The summed E-state index contributed by atoms with van der Waals surface area (Å²) in [4.78, 5) is 49.1. The lowest BCUT2D eigenvalue weighted by atomic mass is 10.0. The number of benzene rings is 2. The minimum Gasteiger partial charge on any atom is -0.508 e. The molecule has 2 aromatic carbocycles. The normalized spacial score (nSPS) is 13.2. The Labute approximate surface area is 202 Å². The van der Waals surface area contributed by atoms with E-state index >= 15 is 0 Å². The number of nitrogens with one attached hydrogen (secondary N) is 3. The number of rotatable bonds is 12. The van der Waals surface area contributed by atoms with Gasteiger partial charge >= 0.3 is 5.97 Å². The van der Waals surface area contributed by atoms with Crippen LogP contribution in [-0.2, 0) is 32.0 Å². The van der Waals surface area contributed by atoms with Crippen molar-refractivity contribution in [2.24, 2.45) is 5.73 Å². The fraction of sp³-hybridized carbons (Fsp3) is 0.304. The van der Waals surface area contributed by atoms with Crippen molar-refractivity contribution in [3.8, 4) is 5.75 Å². The number of carbonyl (C=O) groups excluding carboxylic acids is 3. The van der Waals surface area contributed by atoms with Crippen molar-refractivity contribution in [2.75, 3.05) is 12.3 Å². The lowest BCUT2D eigenvalue weighted by Crippen LogP contribution is -2.57. The Hall–Kier alpha value is -3.57. The van der Waals surface area contributed by atoms with Gasteiger partial charge in [-0.1, -0.05) is 42.5 Å². The Balaban J connectivity index is 2.08. The van der Waals surface area contributed by atoms with Gasteiger partial charge in [0.1, 0.15) is 23.9 Å². The monoisotopic (exact) mass is 488 g/mol. The summed E-state index contributed by atoms with van der Waals surface area (Å²) in [6.45, 7) is -0.313. The lowest BCUT2D eigenvalue weighted by Gasteiger charge is -2.23. The Morgan fingerprint density at radius 1 is 0.794 bits per heavy atom. The van der Waals surface area contributed by atoms with E-state index < -0.39 is 41.8 Å². The first kappa shape index (κ1) is 26.7. The summed E-state index contributed by atoms with van der Waals surface area (Å²) in [5, 5.41) is 26.4. The molecule has 0 aliphatic carbocycles. The molecule has 0 aliphatic rings. The van der Waals surface area contributed by atoms with Crippen LogP contribution in [0.25, 0.3) is 0 Å². The van der Waals surface area contributed by atoms with Gasteiger partial charge in [-0.25, -0.2) is 4.79 Å². The van der Waals surface area contributed by atoms with Gasteiger partial charge in [-0.3, -0.25) is 14.4 Å². The van der Waals surface area contributed by atoms with Crippen LogP contribution in [0.5, 0.6) is 5.75 Å². The number of amides is 3. The molecule has 0 radical (unpaired) electrons. The van der Waals surface area contributed by atoms with Crippen molar-refractivity contribution in [1.82, 2.24) is 16.0 Å². The number of nitrogens with two attached hydrogens (primary N) is 1. The van der Waals surface area contributed by atoms with E-state index in [0.29, 0.717) is 5.56 Å². The molecule has 0 bridgehead atoms. The number of aliphatic carboxylic acids is 1. The number of phenols is 1. The average molecular weight is 489 g/mol. The van der Waals surface area contributed by atoms with Gasteiger partial charge in [-0.15, -0.1) is 0 Å². The maximum atomic E-state index is 12.9. The topological polar surface area (TPSA) is 171 Å². The van der Waals surface area contributed by atoms with Crippen molar-refractivity contribution in [3.05, 3.63) is 65.7 Å². The zero-order chi connectivity index (χ0) is 25.1. The molecule has 0 saturated carbocycles. The highest BCUT2D eigenvalue weighted by Crippen LogP contribution is 2.12. The van der Waals surface area contributed by atoms with Crippen molar-refractivity contribution in [2.45, 2.75) is 31.0 Å². The maximum Gasteiger partial charge on any atom is 0.326 e. The molecular weight excluding hydrogens is 460 g/mol. The van der Waals surface area contributed by atoms with Crippen LogP contribution in [0.1, 0.15) is 11.1 Å². The summed E-state index contributed by atoms with van der Waals surface area (Å²) in [5.41, 5.74) is 6.73. The fourth-order valence-electron chi connectivity index (χ4n) is 3.12. The van der Waals surface area contributed by atoms with E-state index in [0.717, 1.165) is 5.56 Å². The number of phenolic OH excluding ortho intramolecular Hbond substituents is 1. The van der Waals surface area contributed by atoms with E-state index in [9.17, 15) is 29.4 Å². The van der Waals surface area contributed by atoms with E-state index in [1.807, 2.05) is 6.07 Å². The highest BCUT2D eigenvalue weighted by molar-refractivity contribution is 7.80. The Kier molecular flexibility index (Phi) is 10.4. The molecule has 3 amide bonds. The van der Waals surface area contributed by atoms with Crippen LogP contribution in [-0.4, -0.2) is 64.3 Å². The first-order chi connectivity index (χ1) is 16.2. The van der Waals surface area contributed by atoms with Gasteiger partial charge in [0.2, 0.25) is 17.7 Å². The Morgan fingerprint density at radius 3 is 1.88 bits per heavy atom. The number of carbonyl (C=O) groups is 4. The average Bonchev–Trinajstić information content (AvgIpc) is 2.83. The molecule has 3 atom stereocenters. The van der Waals surface area contributed by atoms with Crippen LogP contribution in [0.4, 0.5) is 0 Å². The standard InChI is InChI=1S/C23H28N4O6S/c24-12-20(29)25-17(10-14-4-2-1-3-5-14)21(30)27-19(13-34)22(31)26-18(23(32)33)11-15-6-8-16(28)9-7-15/h1-9,17-19,28,34H,10-13,24H2,(H,25,29)(H,26,31)(H,27,30)(H,32,33). The van der Waals surface area contributed by atoms with E-state index in [1.54, 1.807) is 36.4 Å². The first-order valence-corrected chi connectivity index (χ1v) is 11.1. The summed E-state index contributed by atoms with van der Waals surface area (Å²) < 4.78 is 0. The van der Waals surface area contributed by atoms with Crippen LogP contribution in [0.15, 0.2) is 54.6 Å². The molecule has 3 unspecified atom stereocenters. The summed E-state index contributed by atoms with van der Waals surface area (Å²) in [7, 11) is 0. The molecule has 34 heavy (non-hydrogen) atoms. The van der Waals surface area contributed by atoms with Crippen LogP contribution in [0.3, 0.4) is 0 Å². The largest absolute Gasteiger partial charge is 0.508 e. The molecular formula is C23H28N4O6S. The number of carboxylic acids is 1. The molecule has 10 nitrogen and oxygen atoms in total. The molecule has 2 aromatic rings. The van der Waals surface area contributed by atoms with Gasteiger partial charge in [-0.05, 0) is 23.3 Å². The smallest absolute Gasteiger partial charge is 0.326 e. The Morgan fingerprint density at radius 2 is 1.32 bits per heavy atom. The molecule has 2 rings (SSSR count). The number of carboxylic acid groups (broad SMARTS) is 1. The third-order valence-corrected chi connectivity index (χ3v) is 5.29. The molecule has 11 heteroatoms. The van der Waals surface area contributed by atoms with Crippen LogP contribution < -0.4 is 21.7 Å². The zero-order valence-corrected chi connectivity index (χ0v) is 19.2. The second-order valence-electron chi connectivity index (χ2n) is 7.53. The fourth-order valence-corrected chi connectivity index (χ4v) is 3.38. The SMILES string of the molecule is NCC(=O)NC(Cc1ccccc1)C(=O)NC(CS)C(=O)NC(Cc1ccc(O)cc1)C(=O)O. The molecule has 0 aromatic heterocycles. The van der Waals surface area contributed by atoms with Crippen molar-refractivity contribution in [1.29, 1.82) is 0 Å². The predicted octanol–water partition coefficient (Wildman–Crippen LogP) is -0.395. The maximum absolute atomic E-state index is 12.9. The minimum atomic E-state index is -1.27. The zero-order valence-electron chi connectivity index (χ0n) is 18.3. The molecule has 0 fully saturated rings. The lowest BCUT2D eigenvalue weighted by molar-refractivity contribution is -0.142. The van der Waals surface area contributed by atoms with Gasteiger partial charge in [-0.2, -0.15) is 12.6 Å². The number of hydrogen-bond acceptors (Lipinski definition) is 7. The third-order valence-electron chi connectivity index (χ3n) is 4.93. The van der Waals surface area contributed by atoms with E-state index in [1.165, 1.54) is 12.1 Å². The highest BCUT2D eigenvalue weighted by atomic mass is 32.1. The van der Waals surface area contributed by atoms with E-state index in [4.69, 9.17) is 5.73 Å². The second kappa shape index (κ2) is 13.2. The van der Waals surface area contributed by atoms with Gasteiger partial charge in [0.05, 0.1) is 6.54 Å². The van der Waals surface area contributed by atoms with Crippen molar-refractivity contribution >= 4 is 36.3 Å². The van der Waals surface area contributed by atoms with Crippen LogP contribution >= 0.6 is 12.6 Å². The van der Waals surface area contributed by atoms with Crippen LogP contribution in [0, 0.1) is 0 Å². The summed E-state index contributed by atoms with van der Waals surface area (Å²) in [6.07, 6.45) is 0.135. The van der Waals surface area contributed by atoms with Crippen molar-refractivity contribution < 1.29 is 29.4 Å². The van der Waals surface area contributed by atoms with Gasteiger partial charge in [0, 0.05) is 18.6 Å². The number of hydrogen-bond donors (Lipinski definition) is 7. The number of aromatic hydroxyl groups is 1. The van der Waals surface area contributed by atoms with Gasteiger partial charge in [0.25, 0.3) is 0 Å². The van der Waals surface area contributed by atoms with E-state index in [-0.39, 0.29) is 30.9 Å². The minimum absolute atomic E-state index is 0.0300. The quantitative estimate of drug-likeness (QED) is 0.199. The second-order valence-corrected chi connectivity index (χ2v) is 7.89. The highest BCUT2D eigenvalue weighted by Gasteiger charge is 2.29. The predicted molar refractivity (Wildman–Crippen MR) is 128 cm³/mol. The third kappa shape index (κ3) is 8.41. The van der Waals surface area contributed by atoms with E-state index in [2.05, 4.69) is 28.6 Å². The molecule has 0 spiro atoms.